The molecule has 0 saturated heterocycles. The Kier molecular flexibility index (Phi) is 7.84. The minimum Gasteiger partial charge on any atom is -0.489 e. The van der Waals surface area contributed by atoms with Crippen LogP contribution < -0.4 is 9.47 Å². The molecule has 0 radical (unpaired) electrons. The summed E-state index contributed by atoms with van der Waals surface area (Å²) in [6.45, 7) is 3.48. The molecular formula is C28H26FNO4S. The van der Waals surface area contributed by atoms with Gasteiger partial charge in [0.05, 0.1) is 13.2 Å². The van der Waals surface area contributed by atoms with Crippen molar-refractivity contribution in [2.75, 3.05) is 19.8 Å². The number of amides is 1. The van der Waals surface area contributed by atoms with Crippen LogP contribution in [0.2, 0.25) is 0 Å². The van der Waals surface area contributed by atoms with E-state index in [1.807, 2.05) is 12.1 Å². The maximum absolute atomic E-state index is 13.1. The molecule has 4 rings (SSSR count). The van der Waals surface area contributed by atoms with E-state index >= 15 is 0 Å². The summed E-state index contributed by atoms with van der Waals surface area (Å²) in [4.78, 5) is 29.4. The Labute approximate surface area is 208 Å². The van der Waals surface area contributed by atoms with Crippen LogP contribution >= 0.6 is 11.3 Å². The summed E-state index contributed by atoms with van der Waals surface area (Å²) < 4.78 is 25.1. The summed E-state index contributed by atoms with van der Waals surface area (Å²) in [5.74, 6) is 3.08. The number of hydrogen-bond acceptors (Lipinski definition) is 5. The number of thiophene rings is 1. The fraction of sp³-hybridized carbons (Fsp3) is 0.286. The van der Waals surface area contributed by atoms with Gasteiger partial charge in [-0.05, 0) is 61.0 Å². The lowest BCUT2D eigenvalue weighted by Gasteiger charge is -2.20. The van der Waals surface area contributed by atoms with Crippen LogP contribution in [0.25, 0.3) is 10.4 Å². The third-order valence-corrected chi connectivity index (χ3v) is 6.76. The third kappa shape index (κ3) is 6.09. The molecule has 1 aliphatic heterocycles. The number of halogens is 1. The predicted molar refractivity (Wildman–Crippen MR) is 134 cm³/mol. The number of Topliss-reactive ketones (excluding diaryl/α,β-unsaturated/α-hetero) is 1. The highest BCUT2D eigenvalue weighted by Crippen LogP contribution is 2.40. The van der Waals surface area contributed by atoms with Crippen molar-refractivity contribution in [1.29, 1.82) is 0 Å². The SMILES string of the molecule is C#CCCOc1cc(-c2ccc(C)s2)cc2c1OCCN(C(=O)CCC(=O)c1ccc(F)cc1)C2. The van der Waals surface area contributed by atoms with Crippen molar-refractivity contribution in [3.63, 3.8) is 0 Å². The van der Waals surface area contributed by atoms with E-state index < -0.39 is 5.82 Å². The molecule has 1 aromatic heterocycles. The minimum absolute atomic E-state index is 0.0592. The lowest BCUT2D eigenvalue weighted by Crippen LogP contribution is -2.32. The van der Waals surface area contributed by atoms with Crippen LogP contribution in [0.3, 0.4) is 0 Å². The van der Waals surface area contributed by atoms with Gasteiger partial charge in [-0.1, -0.05) is 0 Å². The van der Waals surface area contributed by atoms with Gasteiger partial charge in [0.1, 0.15) is 12.4 Å². The average molecular weight is 492 g/mol. The molecule has 0 unspecified atom stereocenters. The van der Waals surface area contributed by atoms with Gasteiger partial charge < -0.3 is 14.4 Å². The summed E-state index contributed by atoms with van der Waals surface area (Å²) in [5.41, 5.74) is 2.23. The number of rotatable bonds is 8. The molecule has 2 aromatic carbocycles. The van der Waals surface area contributed by atoms with Gasteiger partial charge in [0, 0.05) is 46.7 Å². The third-order valence-electron chi connectivity index (χ3n) is 5.71. The second-order valence-electron chi connectivity index (χ2n) is 8.27. The van der Waals surface area contributed by atoms with Crippen molar-refractivity contribution >= 4 is 23.0 Å². The summed E-state index contributed by atoms with van der Waals surface area (Å²) in [5, 5.41) is 0. The van der Waals surface area contributed by atoms with Crippen LogP contribution in [0, 0.1) is 25.1 Å². The Morgan fingerprint density at radius 1 is 1.17 bits per heavy atom. The number of terminal acetylenes is 1. The van der Waals surface area contributed by atoms with E-state index in [4.69, 9.17) is 15.9 Å². The highest BCUT2D eigenvalue weighted by Gasteiger charge is 2.24. The van der Waals surface area contributed by atoms with Gasteiger partial charge in [0.2, 0.25) is 5.91 Å². The standard InChI is InChI=1S/C28H26FNO4S/c1-3-4-14-33-25-17-21(26-11-5-19(2)35-26)16-22-18-30(13-15-34-28(22)25)27(32)12-10-24(31)20-6-8-23(29)9-7-20/h1,5-9,11,16-17H,4,10,12-15,18H2,2H3. The van der Waals surface area contributed by atoms with Gasteiger partial charge >= 0.3 is 0 Å². The van der Waals surface area contributed by atoms with E-state index in [1.54, 1.807) is 16.2 Å². The monoisotopic (exact) mass is 491 g/mol. The van der Waals surface area contributed by atoms with E-state index in [0.717, 1.165) is 16.0 Å². The van der Waals surface area contributed by atoms with E-state index in [0.29, 0.717) is 49.8 Å². The van der Waals surface area contributed by atoms with Gasteiger partial charge in [-0.15, -0.1) is 23.7 Å². The number of nitrogens with zero attached hydrogens (tertiary/aromatic N) is 1. The molecule has 3 aromatic rings. The molecule has 0 saturated carbocycles. The van der Waals surface area contributed by atoms with Gasteiger partial charge in [0.25, 0.3) is 0 Å². The van der Waals surface area contributed by atoms with Crippen LogP contribution in [-0.2, 0) is 11.3 Å². The molecule has 0 N–H and O–H groups in total. The Morgan fingerprint density at radius 2 is 1.97 bits per heavy atom. The number of hydrogen-bond donors (Lipinski definition) is 0. The van der Waals surface area contributed by atoms with E-state index in [2.05, 4.69) is 25.0 Å². The molecule has 5 nitrogen and oxygen atoms in total. The van der Waals surface area contributed by atoms with Crippen molar-refractivity contribution in [3.05, 3.63) is 70.4 Å². The number of aryl methyl sites for hydroxylation is 1. The topological polar surface area (TPSA) is 55.8 Å². The fourth-order valence-electron chi connectivity index (χ4n) is 3.91. The molecule has 7 heteroatoms. The van der Waals surface area contributed by atoms with Crippen molar-refractivity contribution in [2.45, 2.75) is 32.7 Å². The van der Waals surface area contributed by atoms with Gasteiger partial charge in [0.15, 0.2) is 17.3 Å². The van der Waals surface area contributed by atoms with E-state index in [-0.39, 0.29) is 24.5 Å². The van der Waals surface area contributed by atoms with Crippen LogP contribution in [0.5, 0.6) is 11.5 Å². The zero-order valence-electron chi connectivity index (χ0n) is 19.5. The smallest absolute Gasteiger partial charge is 0.223 e. The number of ketones is 1. The Hall–Kier alpha value is -3.63. The first-order chi connectivity index (χ1) is 16.9. The quantitative estimate of drug-likeness (QED) is 0.232. The summed E-state index contributed by atoms with van der Waals surface area (Å²) in [7, 11) is 0. The molecule has 0 aliphatic carbocycles. The molecule has 0 atom stereocenters. The molecule has 0 bridgehead atoms. The molecule has 2 heterocycles. The lowest BCUT2D eigenvalue weighted by atomic mass is 10.0. The second-order valence-corrected chi connectivity index (χ2v) is 9.56. The zero-order valence-corrected chi connectivity index (χ0v) is 20.3. The number of benzene rings is 2. The van der Waals surface area contributed by atoms with Crippen molar-refractivity contribution in [1.82, 2.24) is 4.90 Å². The molecule has 180 valence electrons. The zero-order chi connectivity index (χ0) is 24.8. The summed E-state index contributed by atoms with van der Waals surface area (Å²) in [6, 6.07) is 13.5. The second kappa shape index (κ2) is 11.2. The maximum atomic E-state index is 13.1. The van der Waals surface area contributed by atoms with Crippen LogP contribution in [0.4, 0.5) is 4.39 Å². The molecule has 35 heavy (non-hydrogen) atoms. The highest BCUT2D eigenvalue weighted by molar-refractivity contribution is 7.15. The summed E-state index contributed by atoms with van der Waals surface area (Å²) >= 11 is 1.68. The molecule has 1 aliphatic rings. The van der Waals surface area contributed by atoms with E-state index in [9.17, 15) is 14.0 Å². The van der Waals surface area contributed by atoms with Gasteiger partial charge in [-0.25, -0.2) is 4.39 Å². The number of fused-ring (bicyclic) bond motifs is 1. The van der Waals surface area contributed by atoms with Crippen LogP contribution in [-0.4, -0.2) is 36.3 Å². The summed E-state index contributed by atoms with van der Waals surface area (Å²) in [6.07, 6.45) is 5.99. The molecule has 0 spiro atoms. The van der Waals surface area contributed by atoms with Gasteiger partial charge in [-0.3, -0.25) is 9.59 Å². The number of ether oxygens (including phenoxy) is 2. The first kappa shape index (κ1) is 24.5. The molecule has 1 amide bonds. The number of carbonyl (C=O) groups excluding carboxylic acids is 2. The fourth-order valence-corrected chi connectivity index (χ4v) is 4.77. The van der Waals surface area contributed by atoms with Crippen molar-refractivity contribution in [2.24, 2.45) is 0 Å². The Balaban J connectivity index is 1.52. The molecular weight excluding hydrogens is 465 g/mol. The highest BCUT2D eigenvalue weighted by atomic mass is 32.1. The lowest BCUT2D eigenvalue weighted by molar-refractivity contribution is -0.131. The molecule has 0 fully saturated rings. The van der Waals surface area contributed by atoms with Crippen LogP contribution in [0.1, 0.15) is 40.1 Å². The van der Waals surface area contributed by atoms with Gasteiger partial charge in [-0.2, -0.15) is 0 Å². The normalized spacial score (nSPS) is 12.8. The van der Waals surface area contributed by atoms with Crippen molar-refractivity contribution < 1.29 is 23.5 Å². The van der Waals surface area contributed by atoms with E-state index in [1.165, 1.54) is 29.1 Å². The Bertz CT molecular complexity index is 1260. The predicted octanol–water partition coefficient (Wildman–Crippen LogP) is 5.65. The minimum atomic E-state index is -0.402. The Morgan fingerprint density at radius 3 is 2.69 bits per heavy atom. The maximum Gasteiger partial charge on any atom is 0.223 e. The average Bonchev–Trinajstić information content (AvgIpc) is 3.17. The first-order valence-electron chi connectivity index (χ1n) is 11.4. The van der Waals surface area contributed by atoms with Crippen molar-refractivity contribution in [3.8, 4) is 34.3 Å². The first-order valence-corrected chi connectivity index (χ1v) is 12.3. The largest absolute Gasteiger partial charge is 0.489 e. The van der Waals surface area contributed by atoms with Crippen LogP contribution in [0.15, 0.2) is 48.5 Å². The number of carbonyl (C=O) groups is 2.